The second kappa shape index (κ2) is 8.91. The molecule has 3 aromatic rings. The molecule has 1 atom stereocenters. The molecule has 5 heteroatoms. The van der Waals surface area contributed by atoms with Crippen molar-refractivity contribution < 1.29 is 4.79 Å². The summed E-state index contributed by atoms with van der Waals surface area (Å²) in [4.78, 5) is 25.3. The van der Waals surface area contributed by atoms with Crippen LogP contribution in [0.5, 0.6) is 0 Å². The van der Waals surface area contributed by atoms with E-state index in [1.165, 1.54) is 17.7 Å². The second-order valence-electron chi connectivity index (χ2n) is 9.19. The van der Waals surface area contributed by atoms with Gasteiger partial charge in [-0.3, -0.25) is 14.7 Å². The standard InChI is InChI=1S/C27H32N4O/c1-20-8-3-6-12-26(20)30-16-14-29(15-17-30)22-9-7-13-31(19-22)27(32)24-18-21(2)28-25-11-5-4-10-23(24)25/h3-6,8,10-12,18,22H,7,9,13-17,19H2,1-2H3/t22-/m0/s1. The van der Waals surface area contributed by atoms with Crippen LogP contribution in [0.15, 0.2) is 54.6 Å². The summed E-state index contributed by atoms with van der Waals surface area (Å²) in [6, 6.07) is 19.0. The van der Waals surface area contributed by atoms with Crippen molar-refractivity contribution in [1.29, 1.82) is 0 Å². The molecule has 0 bridgehead atoms. The zero-order chi connectivity index (χ0) is 22.1. The molecule has 2 aliphatic rings. The number of likely N-dealkylation sites (tertiary alicyclic amines) is 1. The summed E-state index contributed by atoms with van der Waals surface area (Å²) in [5.41, 5.74) is 5.28. The van der Waals surface area contributed by atoms with Gasteiger partial charge in [-0.1, -0.05) is 36.4 Å². The van der Waals surface area contributed by atoms with Crippen LogP contribution in [0, 0.1) is 13.8 Å². The Morgan fingerprint density at radius 1 is 0.938 bits per heavy atom. The van der Waals surface area contributed by atoms with Crippen molar-refractivity contribution in [3.63, 3.8) is 0 Å². The van der Waals surface area contributed by atoms with Crippen LogP contribution in [0.1, 0.15) is 34.5 Å². The van der Waals surface area contributed by atoms with Crippen LogP contribution < -0.4 is 4.90 Å². The number of pyridine rings is 1. The highest BCUT2D eigenvalue weighted by atomic mass is 16.2. The number of hydrogen-bond donors (Lipinski definition) is 0. The summed E-state index contributed by atoms with van der Waals surface area (Å²) in [6.07, 6.45) is 2.24. The Kier molecular flexibility index (Phi) is 5.83. The fourth-order valence-corrected chi connectivity index (χ4v) is 5.34. The molecule has 32 heavy (non-hydrogen) atoms. The largest absolute Gasteiger partial charge is 0.369 e. The number of carbonyl (C=O) groups is 1. The average molecular weight is 429 g/mol. The number of hydrogen-bond acceptors (Lipinski definition) is 4. The van der Waals surface area contributed by atoms with Gasteiger partial charge in [-0.2, -0.15) is 0 Å². The lowest BCUT2D eigenvalue weighted by Gasteiger charge is -2.44. The highest BCUT2D eigenvalue weighted by Crippen LogP contribution is 2.25. The number of carbonyl (C=O) groups excluding carboxylic acids is 1. The van der Waals surface area contributed by atoms with E-state index in [-0.39, 0.29) is 5.91 Å². The Morgan fingerprint density at radius 2 is 1.69 bits per heavy atom. The Hall–Kier alpha value is -2.92. The van der Waals surface area contributed by atoms with Gasteiger partial charge in [0.1, 0.15) is 0 Å². The van der Waals surface area contributed by atoms with Crippen molar-refractivity contribution in [3.05, 3.63) is 71.4 Å². The summed E-state index contributed by atoms with van der Waals surface area (Å²) in [5, 5.41) is 0.956. The predicted molar refractivity (Wildman–Crippen MR) is 130 cm³/mol. The van der Waals surface area contributed by atoms with Gasteiger partial charge in [0.25, 0.3) is 5.91 Å². The zero-order valence-corrected chi connectivity index (χ0v) is 19.1. The molecular weight excluding hydrogens is 396 g/mol. The van der Waals surface area contributed by atoms with Crippen molar-refractivity contribution in [2.75, 3.05) is 44.2 Å². The molecule has 0 unspecified atom stereocenters. The Morgan fingerprint density at radius 3 is 2.50 bits per heavy atom. The molecule has 3 heterocycles. The summed E-state index contributed by atoms with van der Waals surface area (Å²) < 4.78 is 0. The molecule has 0 radical (unpaired) electrons. The highest BCUT2D eigenvalue weighted by molar-refractivity contribution is 6.06. The fourth-order valence-electron chi connectivity index (χ4n) is 5.34. The molecule has 166 valence electrons. The lowest BCUT2D eigenvalue weighted by Crippen LogP contribution is -2.56. The van der Waals surface area contributed by atoms with Crippen molar-refractivity contribution in [2.45, 2.75) is 32.7 Å². The molecular formula is C27H32N4O. The summed E-state index contributed by atoms with van der Waals surface area (Å²) in [5.74, 6) is 0.148. The first-order chi connectivity index (χ1) is 15.6. The van der Waals surface area contributed by atoms with E-state index < -0.39 is 0 Å². The number of piperidine rings is 1. The number of anilines is 1. The molecule has 2 aromatic carbocycles. The Labute approximate surface area is 190 Å². The van der Waals surface area contributed by atoms with Gasteiger partial charge in [-0.05, 0) is 50.5 Å². The molecule has 1 aromatic heterocycles. The first kappa shape index (κ1) is 21.0. The number of aryl methyl sites for hydroxylation is 2. The minimum Gasteiger partial charge on any atom is -0.369 e. The zero-order valence-electron chi connectivity index (χ0n) is 19.1. The molecule has 2 aliphatic heterocycles. The van der Waals surface area contributed by atoms with Crippen LogP contribution in [-0.4, -0.2) is 66.0 Å². The molecule has 0 spiro atoms. The summed E-state index contributed by atoms with van der Waals surface area (Å²) in [7, 11) is 0. The molecule has 0 aliphatic carbocycles. The molecule has 1 amide bonds. The third kappa shape index (κ3) is 4.09. The van der Waals surface area contributed by atoms with E-state index in [0.29, 0.717) is 6.04 Å². The van der Waals surface area contributed by atoms with E-state index in [9.17, 15) is 4.79 Å². The van der Waals surface area contributed by atoms with E-state index >= 15 is 0 Å². The van der Waals surface area contributed by atoms with Gasteiger partial charge in [-0.25, -0.2) is 0 Å². The van der Waals surface area contributed by atoms with Crippen molar-refractivity contribution in [3.8, 4) is 0 Å². The van der Waals surface area contributed by atoms with Crippen LogP contribution in [-0.2, 0) is 0 Å². The first-order valence-corrected chi connectivity index (χ1v) is 11.8. The van der Waals surface area contributed by atoms with E-state index in [1.807, 2.05) is 37.3 Å². The van der Waals surface area contributed by atoms with Crippen LogP contribution in [0.2, 0.25) is 0 Å². The third-order valence-electron chi connectivity index (χ3n) is 7.05. The molecule has 5 nitrogen and oxygen atoms in total. The normalized spacial score (nSPS) is 20.0. The quantitative estimate of drug-likeness (QED) is 0.624. The average Bonchev–Trinajstić information content (AvgIpc) is 2.83. The van der Waals surface area contributed by atoms with Crippen molar-refractivity contribution in [1.82, 2.24) is 14.8 Å². The number of piperazine rings is 1. The third-order valence-corrected chi connectivity index (χ3v) is 7.05. The maximum absolute atomic E-state index is 13.5. The van der Waals surface area contributed by atoms with E-state index in [2.05, 4.69) is 50.9 Å². The number of nitrogens with zero attached hydrogens (tertiary/aromatic N) is 4. The lowest BCUT2D eigenvalue weighted by molar-refractivity contribution is 0.0565. The molecule has 2 saturated heterocycles. The SMILES string of the molecule is Cc1cc(C(=O)N2CCC[C@H](N3CCN(c4ccccc4C)CC3)C2)c2ccccc2n1. The topological polar surface area (TPSA) is 39.7 Å². The second-order valence-corrected chi connectivity index (χ2v) is 9.19. The summed E-state index contributed by atoms with van der Waals surface area (Å²) in [6.45, 7) is 10.0. The Balaban J connectivity index is 1.28. The summed E-state index contributed by atoms with van der Waals surface area (Å²) >= 11 is 0. The number of rotatable bonds is 3. The molecule has 0 saturated carbocycles. The fraction of sp³-hybridized carbons (Fsp3) is 0.407. The Bertz CT molecular complexity index is 1120. The van der Waals surface area contributed by atoms with Crippen molar-refractivity contribution in [2.24, 2.45) is 0 Å². The minimum atomic E-state index is 0.148. The predicted octanol–water partition coefficient (Wildman–Crippen LogP) is 4.28. The van der Waals surface area contributed by atoms with Gasteiger partial charge in [0.05, 0.1) is 11.1 Å². The first-order valence-electron chi connectivity index (χ1n) is 11.8. The van der Waals surface area contributed by atoms with Gasteiger partial charge in [-0.15, -0.1) is 0 Å². The van der Waals surface area contributed by atoms with Gasteiger partial charge in [0.2, 0.25) is 0 Å². The number of benzene rings is 2. The maximum atomic E-state index is 13.5. The van der Waals surface area contributed by atoms with Gasteiger partial charge < -0.3 is 9.80 Å². The van der Waals surface area contributed by atoms with E-state index in [1.54, 1.807) is 0 Å². The molecule has 0 N–H and O–H groups in total. The number of para-hydroxylation sites is 2. The highest BCUT2D eigenvalue weighted by Gasteiger charge is 2.31. The molecule has 2 fully saturated rings. The number of amides is 1. The minimum absolute atomic E-state index is 0.148. The van der Waals surface area contributed by atoms with Crippen molar-refractivity contribution >= 4 is 22.5 Å². The monoisotopic (exact) mass is 428 g/mol. The number of fused-ring (bicyclic) bond motifs is 1. The van der Waals surface area contributed by atoms with Crippen LogP contribution >= 0.6 is 0 Å². The molecule has 5 rings (SSSR count). The van der Waals surface area contributed by atoms with Gasteiger partial charge >= 0.3 is 0 Å². The van der Waals surface area contributed by atoms with Crippen LogP contribution in [0.3, 0.4) is 0 Å². The van der Waals surface area contributed by atoms with Crippen LogP contribution in [0.4, 0.5) is 5.69 Å². The van der Waals surface area contributed by atoms with Gasteiger partial charge in [0.15, 0.2) is 0 Å². The van der Waals surface area contributed by atoms with E-state index in [4.69, 9.17) is 0 Å². The smallest absolute Gasteiger partial charge is 0.254 e. The lowest BCUT2D eigenvalue weighted by atomic mass is 10.0. The van der Waals surface area contributed by atoms with Crippen LogP contribution in [0.25, 0.3) is 10.9 Å². The van der Waals surface area contributed by atoms with Gasteiger partial charge in [0, 0.05) is 62.1 Å². The maximum Gasteiger partial charge on any atom is 0.254 e. The van der Waals surface area contributed by atoms with E-state index in [0.717, 1.165) is 67.8 Å². The number of aromatic nitrogens is 1.